The number of nitrogens with zero attached hydrogens (tertiary/aromatic N) is 4. The molecule has 6 rings (SSSR count). The highest BCUT2D eigenvalue weighted by molar-refractivity contribution is 5.95. The van der Waals surface area contributed by atoms with Gasteiger partial charge in [-0.15, -0.1) is 0 Å². The summed E-state index contributed by atoms with van der Waals surface area (Å²) in [6.07, 6.45) is 7.73. The van der Waals surface area contributed by atoms with Crippen LogP contribution in [0.5, 0.6) is 5.75 Å². The highest BCUT2D eigenvalue weighted by atomic mass is 16.5. The molecular weight excluding hydrogens is 522 g/mol. The second kappa shape index (κ2) is 12.9. The van der Waals surface area contributed by atoms with E-state index in [0.29, 0.717) is 12.1 Å². The average Bonchev–Trinajstić information content (AvgIpc) is 3.54. The van der Waals surface area contributed by atoms with Crippen LogP contribution in [0.3, 0.4) is 0 Å². The van der Waals surface area contributed by atoms with E-state index in [4.69, 9.17) is 4.74 Å². The molecule has 1 amide bonds. The van der Waals surface area contributed by atoms with Gasteiger partial charge in [-0.1, -0.05) is 48.5 Å². The average molecular weight is 560 g/mol. The van der Waals surface area contributed by atoms with Crippen LogP contribution in [0.1, 0.15) is 23.2 Å². The van der Waals surface area contributed by atoms with E-state index in [1.807, 2.05) is 53.2 Å². The van der Waals surface area contributed by atoms with Gasteiger partial charge in [0.25, 0.3) is 5.91 Å². The molecule has 214 valence electrons. The minimum absolute atomic E-state index is 0.0265. The smallest absolute Gasteiger partial charge is 0.251 e. The van der Waals surface area contributed by atoms with Crippen LogP contribution in [0.2, 0.25) is 0 Å². The molecule has 0 aliphatic carbocycles. The Hall–Kier alpha value is -4.62. The SMILES string of the molecule is COc1cc(-c2ccccc2)ccc1N1CCN(CCCCNC(=O)c2ccc(-c3cccn4ccnc34)cc2)CC1. The zero-order chi connectivity index (χ0) is 28.7. The Bertz CT molecular complexity index is 1620. The van der Waals surface area contributed by atoms with Crippen LogP contribution in [0, 0.1) is 0 Å². The predicted octanol–water partition coefficient (Wildman–Crippen LogP) is 6.01. The number of carbonyl (C=O) groups excluding carboxylic acids is 1. The standard InChI is InChI=1S/C35H37N5O2/c1-42-33-26-30(27-8-3-2-4-9-27)15-16-32(33)39-24-22-38(23-25-39)19-6-5-17-37-35(41)29-13-11-28(12-14-29)31-10-7-20-40-21-18-36-34(31)40/h2-4,7-16,18,20-21,26H,5-6,17,19,22-25H2,1H3,(H,37,41). The molecule has 0 atom stereocenters. The molecule has 1 fully saturated rings. The molecule has 0 saturated carbocycles. The van der Waals surface area contributed by atoms with Crippen molar-refractivity contribution in [2.75, 3.05) is 51.3 Å². The van der Waals surface area contributed by atoms with Gasteiger partial charge < -0.3 is 19.4 Å². The van der Waals surface area contributed by atoms with Crippen molar-refractivity contribution in [3.8, 4) is 28.0 Å². The fourth-order valence-electron chi connectivity index (χ4n) is 5.70. The van der Waals surface area contributed by atoms with Gasteiger partial charge in [0.05, 0.1) is 12.8 Å². The fraction of sp³-hybridized carbons (Fsp3) is 0.257. The number of nitrogens with one attached hydrogen (secondary N) is 1. The zero-order valence-electron chi connectivity index (χ0n) is 24.1. The first-order valence-electron chi connectivity index (χ1n) is 14.7. The van der Waals surface area contributed by atoms with Crippen LogP contribution in [-0.2, 0) is 0 Å². The number of fused-ring (bicyclic) bond motifs is 1. The molecule has 0 unspecified atom stereocenters. The van der Waals surface area contributed by atoms with Crippen LogP contribution in [0.25, 0.3) is 27.9 Å². The third kappa shape index (κ3) is 6.16. The zero-order valence-corrected chi connectivity index (χ0v) is 24.1. The summed E-state index contributed by atoms with van der Waals surface area (Å²) in [5.41, 5.74) is 7.21. The normalized spacial score (nSPS) is 13.8. The molecular formula is C35H37N5O2. The number of methoxy groups -OCH3 is 1. The van der Waals surface area contributed by atoms with Gasteiger partial charge in [0, 0.05) is 62.4 Å². The van der Waals surface area contributed by atoms with Crippen LogP contribution in [-0.4, -0.2) is 66.6 Å². The number of hydrogen-bond acceptors (Lipinski definition) is 5. The summed E-state index contributed by atoms with van der Waals surface area (Å²) in [5.74, 6) is 0.895. The Morgan fingerprint density at radius 1 is 0.833 bits per heavy atom. The molecule has 1 N–H and O–H groups in total. The molecule has 42 heavy (non-hydrogen) atoms. The summed E-state index contributed by atoms with van der Waals surface area (Å²) in [4.78, 5) is 22.1. The largest absolute Gasteiger partial charge is 0.495 e. The molecule has 0 radical (unpaired) electrons. The third-order valence-electron chi connectivity index (χ3n) is 8.06. The molecule has 0 bridgehead atoms. The number of pyridine rings is 1. The first kappa shape index (κ1) is 27.5. The minimum Gasteiger partial charge on any atom is -0.495 e. The first-order valence-corrected chi connectivity index (χ1v) is 14.7. The van der Waals surface area contributed by atoms with Crippen molar-refractivity contribution in [2.45, 2.75) is 12.8 Å². The first-order chi connectivity index (χ1) is 20.7. The van der Waals surface area contributed by atoms with E-state index in [0.717, 1.165) is 73.8 Å². The molecule has 1 saturated heterocycles. The van der Waals surface area contributed by atoms with E-state index in [9.17, 15) is 4.79 Å². The molecule has 3 aromatic carbocycles. The van der Waals surface area contributed by atoms with Crippen molar-refractivity contribution in [1.82, 2.24) is 19.6 Å². The number of benzene rings is 3. The van der Waals surface area contributed by atoms with Gasteiger partial charge in [0.15, 0.2) is 0 Å². The summed E-state index contributed by atoms with van der Waals surface area (Å²) in [5, 5.41) is 3.08. The minimum atomic E-state index is -0.0265. The van der Waals surface area contributed by atoms with Crippen molar-refractivity contribution in [3.05, 3.63) is 109 Å². The van der Waals surface area contributed by atoms with Gasteiger partial charge in [-0.05, 0) is 72.5 Å². The summed E-state index contributed by atoms with van der Waals surface area (Å²) in [6, 6.07) is 28.7. The van der Waals surface area contributed by atoms with Gasteiger partial charge in [0.1, 0.15) is 11.4 Å². The van der Waals surface area contributed by atoms with Gasteiger partial charge in [-0.2, -0.15) is 0 Å². The lowest BCUT2D eigenvalue weighted by atomic mass is 10.0. The Morgan fingerprint density at radius 2 is 1.62 bits per heavy atom. The summed E-state index contributed by atoms with van der Waals surface area (Å²) < 4.78 is 7.77. The molecule has 1 aliphatic heterocycles. The molecule has 1 aliphatic rings. The highest BCUT2D eigenvalue weighted by Gasteiger charge is 2.20. The Labute approximate surface area is 247 Å². The van der Waals surface area contributed by atoms with Crippen LogP contribution in [0.15, 0.2) is 104 Å². The molecule has 0 spiro atoms. The molecule has 2 aromatic heterocycles. The Balaban J connectivity index is 0.929. The van der Waals surface area contributed by atoms with Gasteiger partial charge in [-0.3, -0.25) is 9.69 Å². The summed E-state index contributed by atoms with van der Waals surface area (Å²) >= 11 is 0. The second-order valence-electron chi connectivity index (χ2n) is 10.7. The van der Waals surface area contributed by atoms with Crippen molar-refractivity contribution in [1.29, 1.82) is 0 Å². The maximum atomic E-state index is 12.7. The number of imidazole rings is 1. The van der Waals surface area contributed by atoms with E-state index in [1.54, 1.807) is 13.3 Å². The Kier molecular flexibility index (Phi) is 8.47. The quantitative estimate of drug-likeness (QED) is 0.213. The number of hydrogen-bond donors (Lipinski definition) is 1. The highest BCUT2D eigenvalue weighted by Crippen LogP contribution is 2.34. The third-order valence-corrected chi connectivity index (χ3v) is 8.06. The Morgan fingerprint density at radius 3 is 2.40 bits per heavy atom. The topological polar surface area (TPSA) is 62.1 Å². The van der Waals surface area contributed by atoms with E-state index in [1.165, 1.54) is 11.1 Å². The number of rotatable bonds is 10. The molecule has 5 aromatic rings. The maximum absolute atomic E-state index is 12.7. The van der Waals surface area contributed by atoms with E-state index in [-0.39, 0.29) is 5.91 Å². The van der Waals surface area contributed by atoms with E-state index in [2.05, 4.69) is 68.6 Å². The molecule has 3 heterocycles. The maximum Gasteiger partial charge on any atom is 0.251 e. The van der Waals surface area contributed by atoms with Crippen molar-refractivity contribution < 1.29 is 9.53 Å². The number of unbranched alkanes of at least 4 members (excludes halogenated alkanes) is 1. The monoisotopic (exact) mass is 559 g/mol. The second-order valence-corrected chi connectivity index (χ2v) is 10.7. The fourth-order valence-corrected chi connectivity index (χ4v) is 5.70. The number of anilines is 1. The molecule has 7 heteroatoms. The lowest BCUT2D eigenvalue weighted by molar-refractivity contribution is 0.0952. The lowest BCUT2D eigenvalue weighted by Crippen LogP contribution is -2.46. The summed E-state index contributed by atoms with van der Waals surface area (Å²) in [7, 11) is 1.75. The van der Waals surface area contributed by atoms with Crippen LogP contribution in [0.4, 0.5) is 5.69 Å². The summed E-state index contributed by atoms with van der Waals surface area (Å²) in [6.45, 7) is 5.72. The number of piperazine rings is 1. The van der Waals surface area contributed by atoms with Crippen molar-refractivity contribution in [2.24, 2.45) is 0 Å². The van der Waals surface area contributed by atoms with E-state index < -0.39 is 0 Å². The molecule has 7 nitrogen and oxygen atoms in total. The number of ether oxygens (including phenoxy) is 1. The number of carbonyl (C=O) groups is 1. The van der Waals surface area contributed by atoms with Crippen molar-refractivity contribution >= 4 is 17.2 Å². The number of amides is 1. The van der Waals surface area contributed by atoms with Gasteiger partial charge in [-0.25, -0.2) is 4.98 Å². The van der Waals surface area contributed by atoms with Gasteiger partial charge >= 0.3 is 0 Å². The predicted molar refractivity (Wildman–Crippen MR) is 169 cm³/mol. The van der Waals surface area contributed by atoms with Crippen molar-refractivity contribution in [3.63, 3.8) is 0 Å². The lowest BCUT2D eigenvalue weighted by Gasteiger charge is -2.36. The van der Waals surface area contributed by atoms with Crippen LogP contribution >= 0.6 is 0 Å². The van der Waals surface area contributed by atoms with E-state index >= 15 is 0 Å². The van der Waals surface area contributed by atoms with Crippen LogP contribution < -0.4 is 15.0 Å². The van der Waals surface area contributed by atoms with Gasteiger partial charge in [0.2, 0.25) is 0 Å². The number of aromatic nitrogens is 2.